The third kappa shape index (κ3) is 3.04. The van der Waals surface area contributed by atoms with Crippen LogP contribution < -0.4 is 0 Å². The summed E-state index contributed by atoms with van der Waals surface area (Å²) in [5.74, 6) is -1.80. The molecule has 0 aliphatic rings. The van der Waals surface area contributed by atoms with Gasteiger partial charge in [-0.1, -0.05) is 12.1 Å². The minimum absolute atomic E-state index is 0.106. The lowest BCUT2D eigenvalue weighted by Crippen LogP contribution is -2.19. The van der Waals surface area contributed by atoms with Crippen LogP contribution in [0, 0.1) is 0 Å². The molecule has 2 atom stereocenters. The van der Waals surface area contributed by atoms with E-state index in [0.29, 0.717) is 4.90 Å². The topological polar surface area (TPSA) is 74.6 Å². The number of halogens is 1. The number of carbonyl (C=O) groups is 2. The van der Waals surface area contributed by atoms with E-state index < -0.39 is 23.2 Å². The molecule has 1 aromatic carbocycles. The summed E-state index contributed by atoms with van der Waals surface area (Å²) < 4.78 is 0. The van der Waals surface area contributed by atoms with Crippen molar-refractivity contribution in [3.05, 3.63) is 29.3 Å². The molecule has 0 fully saturated rings. The Morgan fingerprint density at radius 3 is 2.44 bits per heavy atom. The van der Waals surface area contributed by atoms with Crippen LogP contribution in [0.5, 0.6) is 0 Å². The number of aliphatic hydroxyl groups is 1. The van der Waals surface area contributed by atoms with Crippen LogP contribution in [-0.2, 0) is 4.79 Å². The maximum Gasteiger partial charge on any atom is 0.337 e. The van der Waals surface area contributed by atoms with Gasteiger partial charge in [-0.25, -0.2) is 4.79 Å². The standard InChI is InChI=1S/C12H13ClO4S/c1-6(13)10(14)7-4-3-5-8(18-2)9(7)11(15)12(16)17/h3-6,11,15H,1-2H3,(H,16,17). The SMILES string of the molecule is CSc1cccc(C(=O)C(C)Cl)c1C(O)C(=O)O. The molecule has 4 nitrogen and oxygen atoms in total. The van der Waals surface area contributed by atoms with E-state index in [0.717, 1.165) is 0 Å². The molecule has 0 heterocycles. The predicted octanol–water partition coefficient (Wildman–Crippen LogP) is 2.34. The average molecular weight is 289 g/mol. The zero-order chi connectivity index (χ0) is 13.9. The first-order chi connectivity index (χ1) is 8.40. The molecule has 1 rings (SSSR count). The number of carboxylic acids is 1. The number of rotatable bonds is 5. The number of carbonyl (C=O) groups excluding carboxylic acids is 1. The fourth-order valence-electron chi connectivity index (χ4n) is 1.56. The Balaban J connectivity index is 3.42. The number of carboxylic acid groups (broad SMARTS) is 1. The molecule has 0 aliphatic heterocycles. The normalized spacial score (nSPS) is 14.0. The highest BCUT2D eigenvalue weighted by molar-refractivity contribution is 7.98. The van der Waals surface area contributed by atoms with Crippen molar-refractivity contribution in [3.63, 3.8) is 0 Å². The van der Waals surface area contributed by atoms with Gasteiger partial charge in [-0.3, -0.25) is 4.79 Å². The van der Waals surface area contributed by atoms with Crippen molar-refractivity contribution in [2.24, 2.45) is 0 Å². The van der Waals surface area contributed by atoms with Crippen molar-refractivity contribution in [2.75, 3.05) is 6.26 Å². The van der Waals surface area contributed by atoms with Crippen molar-refractivity contribution >= 4 is 35.1 Å². The van der Waals surface area contributed by atoms with Crippen LogP contribution in [0.4, 0.5) is 0 Å². The minimum atomic E-state index is -1.73. The summed E-state index contributed by atoms with van der Waals surface area (Å²) in [4.78, 5) is 23.4. The van der Waals surface area contributed by atoms with E-state index in [-0.39, 0.29) is 11.1 Å². The van der Waals surface area contributed by atoms with Crippen LogP contribution in [0.3, 0.4) is 0 Å². The maximum atomic E-state index is 11.9. The van der Waals surface area contributed by atoms with Crippen LogP contribution >= 0.6 is 23.4 Å². The summed E-state index contributed by atoms with van der Waals surface area (Å²) >= 11 is 6.99. The summed E-state index contributed by atoms with van der Waals surface area (Å²) in [6.45, 7) is 1.51. The molecule has 0 radical (unpaired) electrons. The second kappa shape index (κ2) is 6.22. The number of benzene rings is 1. The van der Waals surface area contributed by atoms with Crippen molar-refractivity contribution in [2.45, 2.75) is 23.3 Å². The number of ketones is 1. The van der Waals surface area contributed by atoms with Gasteiger partial charge in [0, 0.05) is 16.0 Å². The van der Waals surface area contributed by atoms with Crippen molar-refractivity contribution in [1.82, 2.24) is 0 Å². The lowest BCUT2D eigenvalue weighted by Gasteiger charge is -2.16. The zero-order valence-corrected chi connectivity index (χ0v) is 11.5. The van der Waals surface area contributed by atoms with E-state index in [4.69, 9.17) is 16.7 Å². The predicted molar refractivity (Wildman–Crippen MR) is 70.5 cm³/mol. The number of Topliss-reactive ketones (excluding diaryl/α,β-unsaturated/α-hetero) is 1. The molecule has 0 aromatic heterocycles. The first kappa shape index (κ1) is 15.0. The molecular weight excluding hydrogens is 276 g/mol. The van der Waals surface area contributed by atoms with E-state index in [1.54, 1.807) is 18.4 Å². The van der Waals surface area contributed by atoms with E-state index in [2.05, 4.69) is 0 Å². The first-order valence-corrected chi connectivity index (χ1v) is 6.82. The van der Waals surface area contributed by atoms with Crippen molar-refractivity contribution in [3.8, 4) is 0 Å². The fourth-order valence-corrected chi connectivity index (χ4v) is 2.33. The largest absolute Gasteiger partial charge is 0.479 e. The Morgan fingerprint density at radius 1 is 1.39 bits per heavy atom. The zero-order valence-electron chi connectivity index (χ0n) is 9.88. The summed E-state index contributed by atoms with van der Waals surface area (Å²) in [6, 6.07) is 4.76. The van der Waals surface area contributed by atoms with Crippen LogP contribution in [0.25, 0.3) is 0 Å². The molecule has 18 heavy (non-hydrogen) atoms. The van der Waals surface area contributed by atoms with E-state index in [1.807, 2.05) is 0 Å². The summed E-state index contributed by atoms with van der Waals surface area (Å²) in [5.41, 5.74) is 0.259. The molecule has 0 amide bonds. The van der Waals surface area contributed by atoms with Gasteiger partial charge in [0.15, 0.2) is 11.9 Å². The van der Waals surface area contributed by atoms with Gasteiger partial charge in [0.2, 0.25) is 0 Å². The van der Waals surface area contributed by atoms with Gasteiger partial charge in [0.05, 0.1) is 5.38 Å². The summed E-state index contributed by atoms with van der Waals surface area (Å²) in [5, 5.41) is 17.8. The molecule has 0 saturated carbocycles. The molecule has 0 saturated heterocycles. The number of hydrogen-bond acceptors (Lipinski definition) is 4. The van der Waals surface area contributed by atoms with E-state index in [1.165, 1.54) is 24.8 Å². The van der Waals surface area contributed by atoms with Crippen LogP contribution in [0.15, 0.2) is 23.1 Å². The molecule has 0 spiro atoms. The number of hydrogen-bond donors (Lipinski definition) is 2. The van der Waals surface area contributed by atoms with Gasteiger partial charge < -0.3 is 10.2 Å². The number of thioether (sulfide) groups is 1. The highest BCUT2D eigenvalue weighted by Gasteiger charge is 2.27. The smallest absolute Gasteiger partial charge is 0.337 e. The third-order valence-corrected chi connectivity index (χ3v) is 3.41. The fraction of sp³-hybridized carbons (Fsp3) is 0.333. The Bertz CT molecular complexity index is 473. The highest BCUT2D eigenvalue weighted by Crippen LogP contribution is 2.30. The maximum absolute atomic E-state index is 11.9. The minimum Gasteiger partial charge on any atom is -0.479 e. The monoisotopic (exact) mass is 288 g/mol. The van der Waals surface area contributed by atoms with Crippen LogP contribution in [-0.4, -0.2) is 33.6 Å². The second-order valence-corrected chi connectivity index (χ2v) is 5.15. The molecule has 2 unspecified atom stereocenters. The molecular formula is C12H13ClO4S. The number of alkyl halides is 1. The Hall–Kier alpha value is -1.04. The quantitative estimate of drug-likeness (QED) is 0.494. The van der Waals surface area contributed by atoms with Gasteiger partial charge in [-0.15, -0.1) is 23.4 Å². The van der Waals surface area contributed by atoms with Gasteiger partial charge in [-0.2, -0.15) is 0 Å². The Labute approximate surface area is 114 Å². The Kier molecular flexibility index (Phi) is 5.19. The van der Waals surface area contributed by atoms with Crippen molar-refractivity contribution in [1.29, 1.82) is 0 Å². The van der Waals surface area contributed by atoms with Gasteiger partial charge in [-0.05, 0) is 19.2 Å². The molecule has 0 aliphatic carbocycles. The van der Waals surface area contributed by atoms with E-state index in [9.17, 15) is 14.7 Å². The van der Waals surface area contributed by atoms with Gasteiger partial charge in [0.25, 0.3) is 0 Å². The molecule has 0 bridgehead atoms. The molecule has 2 N–H and O–H groups in total. The number of aliphatic hydroxyl groups excluding tert-OH is 1. The summed E-state index contributed by atoms with van der Waals surface area (Å²) in [7, 11) is 0. The first-order valence-electron chi connectivity index (χ1n) is 5.16. The van der Waals surface area contributed by atoms with Crippen LogP contribution in [0.2, 0.25) is 0 Å². The molecule has 98 valence electrons. The summed E-state index contributed by atoms with van der Waals surface area (Å²) in [6.07, 6.45) is 0.00853. The third-order valence-electron chi connectivity index (χ3n) is 2.42. The van der Waals surface area contributed by atoms with Crippen molar-refractivity contribution < 1.29 is 19.8 Å². The van der Waals surface area contributed by atoms with Gasteiger partial charge >= 0.3 is 5.97 Å². The highest BCUT2D eigenvalue weighted by atomic mass is 35.5. The van der Waals surface area contributed by atoms with Crippen LogP contribution in [0.1, 0.15) is 28.9 Å². The van der Waals surface area contributed by atoms with Gasteiger partial charge in [0.1, 0.15) is 0 Å². The number of aliphatic carboxylic acids is 1. The molecule has 6 heteroatoms. The lowest BCUT2D eigenvalue weighted by molar-refractivity contribution is -0.147. The van der Waals surface area contributed by atoms with E-state index >= 15 is 0 Å². The average Bonchev–Trinajstić information content (AvgIpc) is 2.35. The molecule has 1 aromatic rings. The second-order valence-electron chi connectivity index (χ2n) is 3.64. The lowest BCUT2D eigenvalue weighted by atomic mass is 9.97. The Morgan fingerprint density at radius 2 is 2.00 bits per heavy atom.